The van der Waals surface area contributed by atoms with Crippen LogP contribution < -0.4 is 5.43 Å². The van der Waals surface area contributed by atoms with E-state index in [1.165, 1.54) is 23.9 Å². The molecule has 0 atom stereocenters. The molecule has 0 fully saturated rings. The molecule has 4 heteroatoms. The Morgan fingerprint density at radius 1 is 0.759 bits per heavy atom. The van der Waals surface area contributed by atoms with Gasteiger partial charge in [-0.3, -0.25) is 4.79 Å². The van der Waals surface area contributed by atoms with Crippen LogP contribution in [0.2, 0.25) is 0 Å². The molecule has 0 saturated carbocycles. The number of fused-ring (bicyclic) bond motifs is 2. The van der Waals surface area contributed by atoms with Crippen LogP contribution in [0.25, 0.3) is 32.9 Å². The fourth-order valence-electron chi connectivity index (χ4n) is 3.48. The third-order valence-electron chi connectivity index (χ3n) is 4.94. The summed E-state index contributed by atoms with van der Waals surface area (Å²) in [6.45, 7) is 0. The van der Waals surface area contributed by atoms with Gasteiger partial charge in [0.15, 0.2) is 0 Å². The Morgan fingerprint density at radius 3 is 2.31 bits per heavy atom. The minimum atomic E-state index is -0.305. The van der Waals surface area contributed by atoms with Crippen molar-refractivity contribution in [2.24, 2.45) is 0 Å². The first kappa shape index (κ1) is 17.7. The van der Waals surface area contributed by atoms with Gasteiger partial charge in [-0.1, -0.05) is 54.2 Å². The van der Waals surface area contributed by atoms with Crippen molar-refractivity contribution in [2.45, 2.75) is 9.79 Å². The van der Waals surface area contributed by atoms with Gasteiger partial charge in [-0.2, -0.15) is 0 Å². The number of pyridine rings is 1. The lowest BCUT2D eigenvalue weighted by Crippen LogP contribution is -2.08. The van der Waals surface area contributed by atoms with Crippen LogP contribution in [0.15, 0.2) is 106 Å². The first-order valence-corrected chi connectivity index (χ1v) is 10.1. The lowest BCUT2D eigenvalue weighted by molar-refractivity contribution is 0.628. The third kappa shape index (κ3) is 3.32. The highest BCUT2D eigenvalue weighted by Gasteiger charge is 2.15. The van der Waals surface area contributed by atoms with Crippen LogP contribution in [-0.2, 0) is 0 Å². The van der Waals surface area contributed by atoms with Gasteiger partial charge in [-0.15, -0.1) is 0 Å². The third-order valence-corrected chi connectivity index (χ3v) is 6.02. The number of H-pyrrole nitrogens is 1. The molecule has 0 aliphatic carbocycles. The summed E-state index contributed by atoms with van der Waals surface area (Å²) in [5, 5.41) is 2.92. The smallest absolute Gasteiger partial charge is 0.203 e. The molecule has 0 bridgehead atoms. The van der Waals surface area contributed by atoms with Crippen molar-refractivity contribution in [3.63, 3.8) is 0 Å². The molecule has 0 aliphatic rings. The van der Waals surface area contributed by atoms with E-state index in [0.29, 0.717) is 16.0 Å². The van der Waals surface area contributed by atoms with Crippen LogP contribution in [0.3, 0.4) is 0 Å². The Bertz CT molecular complexity index is 1410. The Hall–Kier alpha value is -3.37. The van der Waals surface area contributed by atoms with Gasteiger partial charge in [0.05, 0.1) is 10.6 Å². The maximum atomic E-state index is 13.5. The van der Waals surface area contributed by atoms with Crippen molar-refractivity contribution in [1.82, 2.24) is 4.98 Å². The van der Waals surface area contributed by atoms with Crippen LogP contribution in [0.4, 0.5) is 4.39 Å². The lowest BCUT2D eigenvalue weighted by atomic mass is 10.1. The van der Waals surface area contributed by atoms with E-state index in [-0.39, 0.29) is 11.2 Å². The first-order valence-electron chi connectivity index (χ1n) is 9.27. The average Bonchev–Trinajstić information content (AvgIpc) is 2.76. The Morgan fingerprint density at radius 2 is 1.48 bits per heavy atom. The van der Waals surface area contributed by atoms with Gasteiger partial charge in [-0.25, -0.2) is 4.39 Å². The Labute approximate surface area is 171 Å². The van der Waals surface area contributed by atoms with E-state index < -0.39 is 0 Å². The number of halogens is 1. The quantitative estimate of drug-likeness (QED) is 0.370. The number of nitrogens with one attached hydrogen (secondary N) is 1. The van der Waals surface area contributed by atoms with E-state index in [1.54, 1.807) is 12.1 Å². The van der Waals surface area contributed by atoms with Crippen LogP contribution >= 0.6 is 11.8 Å². The van der Waals surface area contributed by atoms with Gasteiger partial charge in [-0.05, 0) is 64.9 Å². The fraction of sp³-hybridized carbons (Fsp3) is 0. The molecule has 0 amide bonds. The molecule has 0 radical (unpaired) electrons. The molecule has 1 N–H and O–H groups in total. The van der Waals surface area contributed by atoms with E-state index in [2.05, 4.69) is 29.2 Å². The predicted molar refractivity (Wildman–Crippen MR) is 118 cm³/mol. The minimum Gasteiger partial charge on any atom is -0.353 e. The monoisotopic (exact) mass is 397 g/mol. The van der Waals surface area contributed by atoms with Crippen molar-refractivity contribution >= 4 is 33.4 Å². The van der Waals surface area contributed by atoms with Gasteiger partial charge in [0.1, 0.15) is 5.82 Å². The Kier molecular flexibility index (Phi) is 4.41. The zero-order chi connectivity index (χ0) is 19.8. The molecule has 5 aromatic rings. The van der Waals surface area contributed by atoms with Crippen molar-refractivity contribution in [2.75, 3.05) is 0 Å². The summed E-state index contributed by atoms with van der Waals surface area (Å²) in [7, 11) is 0. The SMILES string of the molecule is O=c1c(Sc2ccc3ccccc3c2)c(-c2ccc(F)cc2)[nH]c2ccccc12. The van der Waals surface area contributed by atoms with Gasteiger partial charge in [0.2, 0.25) is 5.43 Å². The fourth-order valence-corrected chi connectivity index (χ4v) is 4.51. The molecule has 0 unspecified atom stereocenters. The summed E-state index contributed by atoms with van der Waals surface area (Å²) in [6, 6.07) is 28.0. The topological polar surface area (TPSA) is 32.9 Å². The number of rotatable bonds is 3. The molecule has 140 valence electrons. The highest BCUT2D eigenvalue weighted by Crippen LogP contribution is 2.35. The van der Waals surface area contributed by atoms with Gasteiger partial charge < -0.3 is 4.98 Å². The molecule has 4 aromatic carbocycles. The molecule has 1 aromatic heterocycles. The maximum Gasteiger partial charge on any atom is 0.203 e. The van der Waals surface area contributed by atoms with E-state index in [4.69, 9.17) is 0 Å². The number of aromatic nitrogens is 1. The molecule has 29 heavy (non-hydrogen) atoms. The molecular weight excluding hydrogens is 381 g/mol. The van der Waals surface area contributed by atoms with Crippen LogP contribution in [0.5, 0.6) is 0 Å². The second kappa shape index (κ2) is 7.22. The van der Waals surface area contributed by atoms with E-state index >= 15 is 0 Å². The summed E-state index contributed by atoms with van der Waals surface area (Å²) < 4.78 is 13.5. The summed E-state index contributed by atoms with van der Waals surface area (Å²) in [5.74, 6) is -0.305. The standard InChI is InChI=1S/C25H16FNOS/c26-19-12-9-17(10-13-19)23-25(24(28)21-7-3-4-8-22(21)27-23)29-20-14-11-16-5-1-2-6-18(16)15-20/h1-15H,(H,27,28). The average molecular weight is 397 g/mol. The zero-order valence-corrected chi connectivity index (χ0v) is 16.2. The molecule has 5 rings (SSSR count). The molecule has 2 nitrogen and oxygen atoms in total. The van der Waals surface area contributed by atoms with Crippen molar-refractivity contribution < 1.29 is 4.39 Å². The highest BCUT2D eigenvalue weighted by atomic mass is 32.2. The minimum absolute atomic E-state index is 0.0307. The van der Waals surface area contributed by atoms with Crippen molar-refractivity contribution in [1.29, 1.82) is 0 Å². The number of hydrogen-bond donors (Lipinski definition) is 1. The normalized spacial score (nSPS) is 11.2. The largest absolute Gasteiger partial charge is 0.353 e. The molecule has 1 heterocycles. The second-order valence-electron chi connectivity index (χ2n) is 6.82. The van der Waals surface area contributed by atoms with E-state index in [9.17, 15) is 9.18 Å². The second-order valence-corrected chi connectivity index (χ2v) is 7.91. The van der Waals surface area contributed by atoms with Gasteiger partial charge in [0, 0.05) is 15.8 Å². The predicted octanol–water partition coefficient (Wildman–Crippen LogP) is 6.64. The Balaban J connectivity index is 1.71. The van der Waals surface area contributed by atoms with Crippen LogP contribution in [-0.4, -0.2) is 4.98 Å². The van der Waals surface area contributed by atoms with Crippen molar-refractivity contribution in [3.05, 3.63) is 107 Å². The zero-order valence-electron chi connectivity index (χ0n) is 15.4. The summed E-state index contributed by atoms with van der Waals surface area (Å²) in [4.78, 5) is 18.3. The summed E-state index contributed by atoms with van der Waals surface area (Å²) in [5.41, 5.74) is 2.21. The van der Waals surface area contributed by atoms with Crippen molar-refractivity contribution in [3.8, 4) is 11.3 Å². The number of benzene rings is 4. The maximum absolute atomic E-state index is 13.5. The van der Waals surface area contributed by atoms with Crippen LogP contribution in [0, 0.1) is 5.82 Å². The molecule has 0 spiro atoms. The number of para-hydroxylation sites is 1. The van der Waals surface area contributed by atoms with Gasteiger partial charge >= 0.3 is 0 Å². The molecule has 0 saturated heterocycles. The van der Waals surface area contributed by atoms with E-state index in [1.807, 2.05) is 42.5 Å². The highest BCUT2D eigenvalue weighted by molar-refractivity contribution is 7.99. The van der Waals surface area contributed by atoms with Gasteiger partial charge in [0.25, 0.3) is 0 Å². The van der Waals surface area contributed by atoms with Crippen LogP contribution in [0.1, 0.15) is 0 Å². The number of aromatic amines is 1. The summed E-state index contributed by atoms with van der Waals surface area (Å²) >= 11 is 1.43. The summed E-state index contributed by atoms with van der Waals surface area (Å²) in [6.07, 6.45) is 0. The first-order chi connectivity index (χ1) is 14.2. The lowest BCUT2D eigenvalue weighted by Gasteiger charge is -2.12. The number of hydrogen-bond acceptors (Lipinski definition) is 2. The van der Waals surface area contributed by atoms with E-state index in [0.717, 1.165) is 26.7 Å². The molecule has 0 aliphatic heterocycles. The molecular formula is C25H16FNOS.